The van der Waals surface area contributed by atoms with E-state index in [1.165, 1.54) is 31.5 Å². The molecule has 2 bridgehead atoms. The van der Waals surface area contributed by atoms with Crippen LogP contribution in [-0.2, 0) is 20.7 Å². The van der Waals surface area contributed by atoms with Gasteiger partial charge in [-0.2, -0.15) is 0 Å². The molecule has 2 atom stereocenters. The van der Waals surface area contributed by atoms with Gasteiger partial charge in [0.15, 0.2) is 11.5 Å². The van der Waals surface area contributed by atoms with E-state index in [2.05, 4.69) is 25.9 Å². The third-order valence-electron chi connectivity index (χ3n) is 7.26. The number of H-pyrrole nitrogens is 1. The Balaban J connectivity index is 1.49. The molecule has 0 fully saturated rings. The van der Waals surface area contributed by atoms with Crippen LogP contribution < -0.4 is 16.2 Å². The third kappa shape index (κ3) is 6.64. The average Bonchev–Trinajstić information content (AvgIpc) is 3.47. The zero-order valence-corrected chi connectivity index (χ0v) is 24.1. The van der Waals surface area contributed by atoms with E-state index in [0.717, 1.165) is 4.68 Å². The number of anilines is 1. The maximum atomic E-state index is 14.5. The summed E-state index contributed by atoms with van der Waals surface area (Å²) in [5.41, 5.74) is 2.16. The van der Waals surface area contributed by atoms with Gasteiger partial charge in [0, 0.05) is 28.9 Å². The fourth-order valence-corrected chi connectivity index (χ4v) is 5.08. The molecule has 13 heteroatoms. The highest BCUT2D eigenvalue weighted by Gasteiger charge is 2.24. The standard InChI is InChI=1S/C30H28ClFN6O5/c1-16-5-3-7-21(34-30(42)24-15-38(37-36-24)25-8-4-6-20(31)28(25)32)23-13-18(14-26(39)33-23)19-10-9-17(12-27(40)43-2)11-22(19)35-29(16)41/h4,6,8-11,13-16,21H,3,5,7,12H2,1-2H3,(H,33,39)(H,34,42)(H,35,41)/t16?,21-/m0/s1. The Hall–Kier alpha value is -4.84. The highest BCUT2D eigenvalue weighted by atomic mass is 35.5. The number of nitrogens with zero attached hydrogens (tertiary/aromatic N) is 3. The van der Waals surface area contributed by atoms with E-state index in [0.29, 0.717) is 47.3 Å². The van der Waals surface area contributed by atoms with Gasteiger partial charge in [0.1, 0.15) is 5.69 Å². The summed E-state index contributed by atoms with van der Waals surface area (Å²) in [6.07, 6.45) is 2.75. The van der Waals surface area contributed by atoms with Crippen molar-refractivity contribution >= 4 is 35.1 Å². The number of amides is 2. The first kappa shape index (κ1) is 29.6. The molecule has 2 amide bonds. The molecule has 43 heavy (non-hydrogen) atoms. The molecular weight excluding hydrogens is 579 g/mol. The van der Waals surface area contributed by atoms with E-state index >= 15 is 0 Å². The van der Waals surface area contributed by atoms with Gasteiger partial charge < -0.3 is 20.4 Å². The van der Waals surface area contributed by atoms with Crippen LogP contribution in [0.1, 0.15) is 54.0 Å². The second kappa shape index (κ2) is 12.6. The summed E-state index contributed by atoms with van der Waals surface area (Å²) >= 11 is 5.88. The van der Waals surface area contributed by atoms with Crippen LogP contribution in [0.2, 0.25) is 5.02 Å². The summed E-state index contributed by atoms with van der Waals surface area (Å²) in [4.78, 5) is 53.9. The summed E-state index contributed by atoms with van der Waals surface area (Å²) in [5, 5.41) is 13.5. The number of benzene rings is 2. The number of esters is 1. The summed E-state index contributed by atoms with van der Waals surface area (Å²) in [6.45, 7) is 1.81. The SMILES string of the molecule is COC(=O)Cc1ccc2c(c1)NC(=O)C(C)CCC[C@H](NC(=O)c1cn(-c3cccc(Cl)c3F)nn1)c1cc-2cc(=O)[nH]1. The van der Waals surface area contributed by atoms with Crippen LogP contribution in [0.3, 0.4) is 0 Å². The van der Waals surface area contributed by atoms with Crippen LogP contribution in [0.15, 0.2) is 59.5 Å². The number of hydrogen-bond donors (Lipinski definition) is 3. The maximum Gasteiger partial charge on any atom is 0.309 e. The summed E-state index contributed by atoms with van der Waals surface area (Å²) in [7, 11) is 1.30. The van der Waals surface area contributed by atoms with Crippen molar-refractivity contribution in [3.8, 4) is 16.8 Å². The molecule has 5 rings (SSSR count). The van der Waals surface area contributed by atoms with E-state index in [1.54, 1.807) is 37.3 Å². The number of nitrogens with one attached hydrogen (secondary N) is 3. The molecule has 3 N–H and O–H groups in total. The van der Waals surface area contributed by atoms with E-state index in [4.69, 9.17) is 16.3 Å². The first-order valence-electron chi connectivity index (χ1n) is 13.6. The number of methoxy groups -OCH3 is 1. The Morgan fingerprint density at radius 3 is 2.77 bits per heavy atom. The van der Waals surface area contributed by atoms with E-state index in [-0.39, 0.29) is 34.6 Å². The van der Waals surface area contributed by atoms with E-state index in [1.807, 2.05) is 0 Å². The number of aromatic nitrogens is 4. The molecule has 2 aromatic heterocycles. The van der Waals surface area contributed by atoms with Crippen molar-refractivity contribution in [3.63, 3.8) is 0 Å². The summed E-state index contributed by atoms with van der Waals surface area (Å²) < 4.78 is 20.4. The van der Waals surface area contributed by atoms with Crippen molar-refractivity contribution in [3.05, 3.63) is 92.9 Å². The van der Waals surface area contributed by atoms with Crippen LogP contribution >= 0.6 is 11.6 Å². The predicted octanol–water partition coefficient (Wildman–Crippen LogP) is 4.36. The number of carbonyl (C=O) groups is 3. The quantitative estimate of drug-likeness (QED) is 0.286. The van der Waals surface area contributed by atoms with Gasteiger partial charge in [-0.05, 0) is 48.2 Å². The number of halogens is 2. The molecule has 1 unspecified atom stereocenters. The summed E-state index contributed by atoms with van der Waals surface area (Å²) in [5.74, 6) is -2.30. The predicted molar refractivity (Wildman–Crippen MR) is 156 cm³/mol. The summed E-state index contributed by atoms with van der Waals surface area (Å²) in [6, 6.07) is 12.0. The first-order chi connectivity index (χ1) is 20.6. The minimum absolute atomic E-state index is 0.0124. The fourth-order valence-electron chi connectivity index (χ4n) is 4.91. The molecule has 0 radical (unpaired) electrons. The number of pyridine rings is 1. The van der Waals surface area contributed by atoms with Gasteiger partial charge in [-0.1, -0.05) is 48.4 Å². The molecule has 0 saturated heterocycles. The molecular formula is C30H28ClFN6O5. The van der Waals surface area contributed by atoms with Crippen LogP contribution in [0, 0.1) is 11.7 Å². The number of fused-ring (bicyclic) bond motifs is 4. The Kier molecular flexibility index (Phi) is 8.67. The number of carbonyl (C=O) groups excluding carboxylic acids is 3. The van der Waals surface area contributed by atoms with Crippen LogP contribution in [-0.4, -0.2) is 44.9 Å². The number of hydrogen-bond acceptors (Lipinski definition) is 7. The molecule has 0 aliphatic carbocycles. The van der Waals surface area contributed by atoms with Gasteiger partial charge in [0.2, 0.25) is 11.5 Å². The second-order valence-electron chi connectivity index (χ2n) is 10.3. The van der Waals surface area contributed by atoms with Gasteiger partial charge in [-0.3, -0.25) is 19.2 Å². The molecule has 0 saturated carbocycles. The Morgan fingerprint density at radius 2 is 1.98 bits per heavy atom. The normalized spacial score (nSPS) is 16.7. The van der Waals surface area contributed by atoms with Gasteiger partial charge >= 0.3 is 5.97 Å². The van der Waals surface area contributed by atoms with Crippen LogP contribution in [0.5, 0.6) is 0 Å². The number of aromatic amines is 1. The smallest absolute Gasteiger partial charge is 0.309 e. The van der Waals surface area contributed by atoms with Gasteiger partial charge in [0.05, 0.1) is 30.8 Å². The van der Waals surface area contributed by atoms with Gasteiger partial charge in [0.25, 0.3) is 5.91 Å². The first-order valence-corrected chi connectivity index (χ1v) is 13.9. The maximum absolute atomic E-state index is 14.5. The number of rotatable bonds is 5. The molecule has 222 valence electrons. The topological polar surface area (TPSA) is 148 Å². The lowest BCUT2D eigenvalue weighted by atomic mass is 9.94. The average molecular weight is 607 g/mol. The van der Waals surface area contributed by atoms with Crippen molar-refractivity contribution in [1.82, 2.24) is 25.3 Å². The zero-order valence-electron chi connectivity index (χ0n) is 23.3. The van der Waals surface area contributed by atoms with E-state index < -0.39 is 29.3 Å². The van der Waals surface area contributed by atoms with E-state index in [9.17, 15) is 23.6 Å². The lowest BCUT2D eigenvalue weighted by Gasteiger charge is -2.22. The Bertz CT molecular complexity index is 1770. The van der Waals surface area contributed by atoms with Crippen LogP contribution in [0.4, 0.5) is 10.1 Å². The molecule has 1 aliphatic heterocycles. The van der Waals surface area contributed by atoms with Crippen LogP contribution in [0.25, 0.3) is 16.8 Å². The minimum Gasteiger partial charge on any atom is -0.469 e. The lowest BCUT2D eigenvalue weighted by molar-refractivity contribution is -0.139. The second-order valence-corrected chi connectivity index (χ2v) is 10.7. The van der Waals surface area contributed by atoms with Crippen molar-refractivity contribution in [2.24, 2.45) is 5.92 Å². The third-order valence-corrected chi connectivity index (χ3v) is 7.55. The monoisotopic (exact) mass is 606 g/mol. The molecule has 0 spiro atoms. The fraction of sp³-hybridized carbons (Fsp3) is 0.267. The Morgan fingerprint density at radius 1 is 1.16 bits per heavy atom. The highest BCUT2D eigenvalue weighted by molar-refractivity contribution is 6.30. The van der Waals surface area contributed by atoms with Gasteiger partial charge in [-0.15, -0.1) is 5.10 Å². The molecule has 2 aromatic carbocycles. The minimum atomic E-state index is -0.703. The lowest BCUT2D eigenvalue weighted by Crippen LogP contribution is -2.31. The largest absolute Gasteiger partial charge is 0.469 e. The molecule has 11 nitrogen and oxygen atoms in total. The van der Waals surface area contributed by atoms with Crippen molar-refractivity contribution in [2.75, 3.05) is 12.4 Å². The van der Waals surface area contributed by atoms with Gasteiger partial charge in [-0.25, -0.2) is 9.07 Å². The molecule has 1 aliphatic rings. The number of ether oxygens (including phenoxy) is 1. The van der Waals surface area contributed by atoms with Crippen molar-refractivity contribution in [2.45, 2.75) is 38.6 Å². The molecule has 4 aromatic rings. The van der Waals surface area contributed by atoms with Crippen molar-refractivity contribution < 1.29 is 23.5 Å². The Labute approximate surface area is 250 Å². The zero-order chi connectivity index (χ0) is 30.7. The molecule has 3 heterocycles. The highest BCUT2D eigenvalue weighted by Crippen LogP contribution is 2.32. The van der Waals surface area contributed by atoms with Crippen molar-refractivity contribution in [1.29, 1.82) is 0 Å².